The fraction of sp³-hybridized carbons (Fsp3) is 0.250. The SMILES string of the molecule is COc1cccc(/C=C2/Oc3ccc(N)cc3N(CCN(C)C)C2=O)c1. The third kappa shape index (κ3) is 3.81. The van der Waals surface area contributed by atoms with E-state index in [0.717, 1.165) is 17.9 Å². The molecule has 26 heavy (non-hydrogen) atoms. The average molecular weight is 353 g/mol. The number of ether oxygens (including phenoxy) is 2. The van der Waals surface area contributed by atoms with Crippen LogP contribution in [-0.2, 0) is 4.79 Å². The molecule has 2 aromatic rings. The summed E-state index contributed by atoms with van der Waals surface area (Å²) in [7, 11) is 5.55. The summed E-state index contributed by atoms with van der Waals surface area (Å²) in [5.41, 5.74) is 8.02. The van der Waals surface area contributed by atoms with Crippen molar-refractivity contribution in [2.45, 2.75) is 0 Å². The minimum absolute atomic E-state index is 0.187. The van der Waals surface area contributed by atoms with Crippen LogP contribution in [-0.4, -0.2) is 45.1 Å². The number of anilines is 2. The van der Waals surface area contributed by atoms with Crippen LogP contribution in [0.2, 0.25) is 0 Å². The number of likely N-dealkylation sites (N-methyl/N-ethyl adjacent to an activating group) is 1. The Bertz CT molecular complexity index is 846. The molecule has 0 fully saturated rings. The van der Waals surface area contributed by atoms with Gasteiger partial charge in [-0.25, -0.2) is 0 Å². The highest BCUT2D eigenvalue weighted by atomic mass is 16.5. The Kier molecular flexibility index (Phi) is 5.14. The number of carbonyl (C=O) groups is 1. The lowest BCUT2D eigenvalue weighted by Gasteiger charge is -2.31. The summed E-state index contributed by atoms with van der Waals surface area (Å²) in [5.74, 6) is 1.42. The van der Waals surface area contributed by atoms with Gasteiger partial charge in [-0.15, -0.1) is 0 Å². The van der Waals surface area contributed by atoms with Gasteiger partial charge in [0.15, 0.2) is 11.5 Å². The highest BCUT2D eigenvalue weighted by Crippen LogP contribution is 2.37. The van der Waals surface area contributed by atoms with E-state index in [-0.39, 0.29) is 11.7 Å². The number of benzene rings is 2. The van der Waals surface area contributed by atoms with Crippen molar-refractivity contribution in [2.24, 2.45) is 0 Å². The van der Waals surface area contributed by atoms with Gasteiger partial charge in [-0.3, -0.25) is 4.79 Å². The molecule has 3 rings (SSSR count). The fourth-order valence-corrected chi connectivity index (χ4v) is 2.73. The number of hydrogen-bond donors (Lipinski definition) is 1. The fourth-order valence-electron chi connectivity index (χ4n) is 2.73. The highest BCUT2D eigenvalue weighted by molar-refractivity contribution is 6.10. The predicted octanol–water partition coefficient (Wildman–Crippen LogP) is 2.61. The summed E-state index contributed by atoms with van der Waals surface area (Å²) in [6, 6.07) is 12.8. The van der Waals surface area contributed by atoms with Crippen LogP contribution in [0.1, 0.15) is 5.56 Å². The van der Waals surface area contributed by atoms with Gasteiger partial charge in [0.2, 0.25) is 0 Å². The van der Waals surface area contributed by atoms with Gasteiger partial charge in [0.25, 0.3) is 5.91 Å². The maximum atomic E-state index is 13.0. The number of methoxy groups -OCH3 is 1. The van der Waals surface area contributed by atoms with E-state index in [9.17, 15) is 4.79 Å². The van der Waals surface area contributed by atoms with Crippen molar-refractivity contribution < 1.29 is 14.3 Å². The molecular formula is C20H23N3O3. The number of nitrogens with two attached hydrogens (primary N) is 1. The number of rotatable bonds is 5. The van der Waals surface area contributed by atoms with E-state index in [2.05, 4.69) is 0 Å². The molecule has 2 aromatic carbocycles. The lowest BCUT2D eigenvalue weighted by atomic mass is 10.1. The van der Waals surface area contributed by atoms with Crippen molar-refractivity contribution in [1.29, 1.82) is 0 Å². The van der Waals surface area contributed by atoms with Gasteiger partial charge in [-0.2, -0.15) is 0 Å². The third-order valence-corrected chi connectivity index (χ3v) is 4.11. The molecule has 0 aliphatic carbocycles. The first kappa shape index (κ1) is 17.8. The Labute approximate surface area is 153 Å². The van der Waals surface area contributed by atoms with Crippen molar-refractivity contribution in [1.82, 2.24) is 4.90 Å². The zero-order valence-electron chi connectivity index (χ0n) is 15.2. The number of nitrogens with zero attached hydrogens (tertiary/aromatic N) is 2. The smallest absolute Gasteiger partial charge is 0.294 e. The Morgan fingerprint density at radius 2 is 2.04 bits per heavy atom. The molecule has 1 aliphatic rings. The molecule has 136 valence electrons. The molecule has 6 nitrogen and oxygen atoms in total. The molecule has 0 aromatic heterocycles. The zero-order valence-corrected chi connectivity index (χ0v) is 15.2. The van der Waals surface area contributed by atoms with E-state index in [1.807, 2.05) is 43.3 Å². The summed E-state index contributed by atoms with van der Waals surface area (Å²) in [6.07, 6.45) is 1.73. The number of hydrogen-bond acceptors (Lipinski definition) is 5. The molecule has 0 bridgehead atoms. The Balaban J connectivity index is 1.98. The van der Waals surface area contributed by atoms with Gasteiger partial charge in [0.05, 0.1) is 12.8 Å². The van der Waals surface area contributed by atoms with Gasteiger partial charge in [-0.1, -0.05) is 12.1 Å². The van der Waals surface area contributed by atoms with Crippen molar-refractivity contribution >= 4 is 23.4 Å². The monoisotopic (exact) mass is 353 g/mol. The molecule has 2 N–H and O–H groups in total. The highest BCUT2D eigenvalue weighted by Gasteiger charge is 2.30. The first-order chi connectivity index (χ1) is 12.5. The largest absolute Gasteiger partial charge is 0.497 e. The van der Waals surface area contributed by atoms with Gasteiger partial charge < -0.3 is 25.0 Å². The molecule has 6 heteroatoms. The molecule has 0 saturated heterocycles. The normalized spacial score (nSPS) is 15.2. The van der Waals surface area contributed by atoms with Crippen LogP contribution in [0.25, 0.3) is 6.08 Å². The van der Waals surface area contributed by atoms with Crippen LogP contribution in [0.15, 0.2) is 48.2 Å². The Hall–Kier alpha value is -2.99. The quantitative estimate of drug-likeness (QED) is 0.661. The van der Waals surface area contributed by atoms with Crippen LogP contribution in [0.3, 0.4) is 0 Å². The molecule has 1 amide bonds. The molecule has 0 atom stereocenters. The minimum Gasteiger partial charge on any atom is -0.497 e. The maximum Gasteiger partial charge on any atom is 0.294 e. The first-order valence-electron chi connectivity index (χ1n) is 8.37. The summed E-state index contributed by atoms with van der Waals surface area (Å²) in [6.45, 7) is 1.27. The second kappa shape index (κ2) is 7.49. The summed E-state index contributed by atoms with van der Waals surface area (Å²) in [5, 5.41) is 0. The molecule has 1 heterocycles. The third-order valence-electron chi connectivity index (χ3n) is 4.11. The lowest BCUT2D eigenvalue weighted by Crippen LogP contribution is -2.41. The van der Waals surface area contributed by atoms with E-state index in [1.54, 1.807) is 36.3 Å². The van der Waals surface area contributed by atoms with Gasteiger partial charge in [0, 0.05) is 18.8 Å². The number of nitrogen functional groups attached to an aromatic ring is 1. The van der Waals surface area contributed by atoms with E-state index in [0.29, 0.717) is 23.7 Å². The molecular weight excluding hydrogens is 330 g/mol. The van der Waals surface area contributed by atoms with Gasteiger partial charge >= 0.3 is 0 Å². The van der Waals surface area contributed by atoms with Crippen molar-refractivity contribution in [3.05, 3.63) is 53.8 Å². The predicted molar refractivity (Wildman–Crippen MR) is 103 cm³/mol. The van der Waals surface area contributed by atoms with Gasteiger partial charge in [0.1, 0.15) is 5.75 Å². The number of carbonyl (C=O) groups excluding carboxylic acids is 1. The van der Waals surface area contributed by atoms with Gasteiger partial charge in [-0.05, 0) is 56.1 Å². The van der Waals surface area contributed by atoms with Crippen molar-refractivity contribution in [2.75, 3.05) is 44.9 Å². The van der Waals surface area contributed by atoms with Crippen LogP contribution in [0.4, 0.5) is 11.4 Å². The number of amides is 1. The number of fused-ring (bicyclic) bond motifs is 1. The standard InChI is InChI=1S/C20H23N3O3/c1-22(2)9-10-23-17-13-15(21)7-8-18(17)26-19(20(23)24)12-14-5-4-6-16(11-14)25-3/h4-8,11-13H,9-10,21H2,1-3H3/b19-12+. The van der Waals surface area contributed by atoms with E-state index in [1.165, 1.54) is 0 Å². The van der Waals surface area contributed by atoms with E-state index < -0.39 is 0 Å². The van der Waals surface area contributed by atoms with Crippen LogP contribution < -0.4 is 20.1 Å². The van der Waals surface area contributed by atoms with Crippen molar-refractivity contribution in [3.63, 3.8) is 0 Å². The zero-order chi connectivity index (χ0) is 18.7. The molecule has 0 unspecified atom stereocenters. The molecule has 0 saturated carbocycles. The lowest BCUT2D eigenvalue weighted by molar-refractivity contribution is -0.117. The van der Waals surface area contributed by atoms with Crippen LogP contribution >= 0.6 is 0 Å². The average Bonchev–Trinajstić information content (AvgIpc) is 2.62. The van der Waals surface area contributed by atoms with Crippen LogP contribution in [0.5, 0.6) is 11.5 Å². The van der Waals surface area contributed by atoms with Crippen molar-refractivity contribution in [3.8, 4) is 11.5 Å². The molecule has 1 aliphatic heterocycles. The first-order valence-corrected chi connectivity index (χ1v) is 8.37. The summed E-state index contributed by atoms with van der Waals surface area (Å²) < 4.78 is 11.1. The van der Waals surface area contributed by atoms with Crippen LogP contribution in [0, 0.1) is 0 Å². The maximum absolute atomic E-state index is 13.0. The molecule has 0 radical (unpaired) electrons. The van der Waals surface area contributed by atoms with E-state index in [4.69, 9.17) is 15.2 Å². The topological polar surface area (TPSA) is 68.0 Å². The Morgan fingerprint density at radius 3 is 2.77 bits per heavy atom. The Morgan fingerprint density at radius 1 is 1.23 bits per heavy atom. The summed E-state index contributed by atoms with van der Waals surface area (Å²) >= 11 is 0. The summed E-state index contributed by atoms with van der Waals surface area (Å²) in [4.78, 5) is 16.8. The minimum atomic E-state index is -0.187. The van der Waals surface area contributed by atoms with E-state index >= 15 is 0 Å². The molecule has 0 spiro atoms. The second-order valence-electron chi connectivity index (χ2n) is 6.37. The second-order valence-corrected chi connectivity index (χ2v) is 6.37.